The lowest BCUT2D eigenvalue weighted by atomic mass is 10.3. The van der Waals surface area contributed by atoms with Gasteiger partial charge in [0.25, 0.3) is 0 Å². The molecule has 1 N–H and O–H groups in total. The number of tetrazole rings is 1. The summed E-state index contributed by atoms with van der Waals surface area (Å²) in [5, 5.41) is 16.3. The Hall–Kier alpha value is -0.700. The molecule has 1 aliphatic heterocycles. The molecule has 0 amide bonds. The number of likely N-dealkylation sites (N-methyl/N-ethyl adjacent to an activating group) is 1. The Kier molecular flexibility index (Phi) is 7.42. The van der Waals surface area contributed by atoms with Crippen LogP contribution in [0.2, 0.25) is 0 Å². The van der Waals surface area contributed by atoms with Gasteiger partial charge in [-0.1, -0.05) is 18.7 Å². The summed E-state index contributed by atoms with van der Waals surface area (Å²) < 4.78 is 1.90. The molecule has 0 radical (unpaired) electrons. The summed E-state index contributed by atoms with van der Waals surface area (Å²) in [6, 6.07) is 0. The molecule has 0 bridgehead atoms. The molecule has 0 saturated carbocycles. The predicted molar refractivity (Wildman–Crippen MR) is 85.6 cm³/mol. The predicted octanol–water partition coefficient (Wildman–Crippen LogP) is 0.0122. The summed E-state index contributed by atoms with van der Waals surface area (Å²) in [6.07, 6.45) is 1.15. The summed E-state index contributed by atoms with van der Waals surface area (Å²) in [7, 11) is 2.19. The number of thioether (sulfide) groups is 1. The Morgan fingerprint density at radius 2 is 1.95 bits per heavy atom. The van der Waals surface area contributed by atoms with E-state index >= 15 is 0 Å². The lowest BCUT2D eigenvalue weighted by Gasteiger charge is -2.32. The zero-order valence-corrected chi connectivity index (χ0v) is 14.0. The molecule has 2 rings (SSSR count). The highest BCUT2D eigenvalue weighted by Gasteiger charge is 2.14. The molecule has 1 aromatic rings. The summed E-state index contributed by atoms with van der Waals surface area (Å²) in [5.74, 6) is 1.05. The van der Waals surface area contributed by atoms with Crippen molar-refractivity contribution < 1.29 is 0 Å². The van der Waals surface area contributed by atoms with Crippen LogP contribution in [0.4, 0.5) is 0 Å². The van der Waals surface area contributed by atoms with E-state index in [1.54, 1.807) is 11.8 Å². The van der Waals surface area contributed by atoms with Crippen LogP contribution < -0.4 is 5.32 Å². The highest BCUT2D eigenvalue weighted by molar-refractivity contribution is 7.99. The highest BCUT2D eigenvalue weighted by Crippen LogP contribution is 2.13. The van der Waals surface area contributed by atoms with Gasteiger partial charge < -0.3 is 10.2 Å². The van der Waals surface area contributed by atoms with Crippen LogP contribution >= 0.6 is 11.8 Å². The zero-order chi connectivity index (χ0) is 14.9. The van der Waals surface area contributed by atoms with Gasteiger partial charge in [-0.25, -0.2) is 4.68 Å². The molecular weight excluding hydrogens is 286 g/mol. The maximum atomic E-state index is 4.12. The second kappa shape index (κ2) is 9.34. The van der Waals surface area contributed by atoms with Gasteiger partial charge in [-0.3, -0.25) is 4.90 Å². The van der Waals surface area contributed by atoms with Gasteiger partial charge in [-0.15, -0.1) is 5.10 Å². The Morgan fingerprint density at radius 3 is 2.71 bits per heavy atom. The van der Waals surface area contributed by atoms with Crippen LogP contribution in [-0.4, -0.2) is 88.6 Å². The van der Waals surface area contributed by atoms with E-state index in [4.69, 9.17) is 0 Å². The Morgan fingerprint density at radius 1 is 1.14 bits per heavy atom. The van der Waals surface area contributed by atoms with Crippen LogP contribution in [0.3, 0.4) is 0 Å². The molecule has 0 atom stereocenters. The lowest BCUT2D eigenvalue weighted by Crippen LogP contribution is -2.45. The first-order valence-electron chi connectivity index (χ1n) is 7.80. The van der Waals surface area contributed by atoms with Crippen molar-refractivity contribution in [3.63, 3.8) is 0 Å². The minimum Gasteiger partial charge on any atom is -0.315 e. The van der Waals surface area contributed by atoms with Crippen LogP contribution in [0.5, 0.6) is 0 Å². The quantitative estimate of drug-likeness (QED) is 0.509. The van der Waals surface area contributed by atoms with Gasteiger partial charge in [0.2, 0.25) is 5.16 Å². The standard InChI is InChI=1S/C13H27N7S/c1-3-4-14-5-6-20-13(15-16-17-20)21-12-11-19-9-7-18(2)8-10-19/h14H,3-12H2,1-2H3. The smallest absolute Gasteiger partial charge is 0.209 e. The fourth-order valence-electron chi connectivity index (χ4n) is 2.26. The molecule has 2 heterocycles. The molecule has 0 unspecified atom stereocenters. The van der Waals surface area contributed by atoms with Crippen molar-refractivity contribution in [2.45, 2.75) is 25.0 Å². The van der Waals surface area contributed by atoms with Crippen LogP contribution in [0.1, 0.15) is 13.3 Å². The van der Waals surface area contributed by atoms with E-state index in [-0.39, 0.29) is 0 Å². The van der Waals surface area contributed by atoms with Crippen molar-refractivity contribution in [3.05, 3.63) is 0 Å². The maximum absolute atomic E-state index is 4.12. The van der Waals surface area contributed by atoms with Gasteiger partial charge in [0.1, 0.15) is 0 Å². The lowest BCUT2D eigenvalue weighted by molar-refractivity contribution is 0.161. The minimum atomic E-state index is 0.837. The van der Waals surface area contributed by atoms with Crippen LogP contribution in [0.15, 0.2) is 5.16 Å². The van der Waals surface area contributed by atoms with Gasteiger partial charge in [0.15, 0.2) is 0 Å². The zero-order valence-electron chi connectivity index (χ0n) is 13.2. The van der Waals surface area contributed by atoms with Crippen molar-refractivity contribution in [1.29, 1.82) is 0 Å². The average molecular weight is 313 g/mol. The summed E-state index contributed by atoms with van der Waals surface area (Å²) >= 11 is 1.76. The van der Waals surface area contributed by atoms with E-state index in [1.165, 1.54) is 26.2 Å². The maximum Gasteiger partial charge on any atom is 0.209 e. The van der Waals surface area contributed by atoms with Gasteiger partial charge in [0, 0.05) is 45.0 Å². The first kappa shape index (κ1) is 16.7. The van der Waals surface area contributed by atoms with Gasteiger partial charge in [-0.05, 0) is 30.4 Å². The number of piperazine rings is 1. The van der Waals surface area contributed by atoms with Crippen molar-refractivity contribution in [2.24, 2.45) is 0 Å². The molecule has 8 heteroatoms. The van der Waals surface area contributed by atoms with E-state index < -0.39 is 0 Å². The van der Waals surface area contributed by atoms with E-state index in [0.717, 1.165) is 43.5 Å². The fraction of sp³-hybridized carbons (Fsp3) is 0.923. The topological polar surface area (TPSA) is 62.1 Å². The number of rotatable bonds is 9. The van der Waals surface area contributed by atoms with Crippen LogP contribution in [-0.2, 0) is 6.54 Å². The monoisotopic (exact) mass is 313 g/mol. The fourth-order valence-corrected chi connectivity index (χ4v) is 3.17. The first-order chi connectivity index (χ1) is 10.3. The minimum absolute atomic E-state index is 0.837. The largest absolute Gasteiger partial charge is 0.315 e. The van der Waals surface area contributed by atoms with Crippen molar-refractivity contribution in [3.8, 4) is 0 Å². The first-order valence-corrected chi connectivity index (χ1v) is 8.78. The average Bonchev–Trinajstić information content (AvgIpc) is 2.93. The van der Waals surface area contributed by atoms with E-state index in [9.17, 15) is 0 Å². The molecule has 1 aromatic heterocycles. The molecule has 7 nitrogen and oxygen atoms in total. The Labute approximate surface area is 131 Å². The second-order valence-electron chi connectivity index (χ2n) is 5.43. The molecule has 1 fully saturated rings. The summed E-state index contributed by atoms with van der Waals surface area (Å²) in [6.45, 7) is 10.8. The summed E-state index contributed by atoms with van der Waals surface area (Å²) in [4.78, 5) is 4.90. The molecule has 1 aliphatic rings. The molecule has 0 aromatic carbocycles. The normalized spacial score (nSPS) is 17.4. The van der Waals surface area contributed by atoms with Gasteiger partial charge in [0.05, 0.1) is 6.54 Å². The molecule has 1 saturated heterocycles. The number of nitrogens with one attached hydrogen (secondary N) is 1. The van der Waals surface area contributed by atoms with E-state index in [2.05, 4.69) is 44.6 Å². The van der Waals surface area contributed by atoms with Crippen molar-refractivity contribution in [1.82, 2.24) is 35.3 Å². The molecule has 21 heavy (non-hydrogen) atoms. The van der Waals surface area contributed by atoms with Gasteiger partial charge >= 0.3 is 0 Å². The third-order valence-electron chi connectivity index (χ3n) is 3.66. The Bertz CT molecular complexity index is 390. The van der Waals surface area contributed by atoms with E-state index in [1.807, 2.05) is 4.68 Å². The number of nitrogens with zero attached hydrogens (tertiary/aromatic N) is 6. The number of hydrogen-bond acceptors (Lipinski definition) is 7. The van der Waals surface area contributed by atoms with Crippen molar-refractivity contribution >= 4 is 11.8 Å². The highest BCUT2D eigenvalue weighted by atomic mass is 32.2. The second-order valence-corrected chi connectivity index (χ2v) is 6.49. The van der Waals surface area contributed by atoms with Crippen LogP contribution in [0, 0.1) is 0 Å². The SMILES string of the molecule is CCCNCCn1nnnc1SCCN1CCN(C)CC1. The third kappa shape index (κ3) is 5.90. The molecular formula is C13H27N7S. The number of aromatic nitrogens is 4. The van der Waals surface area contributed by atoms with Crippen LogP contribution in [0.25, 0.3) is 0 Å². The number of hydrogen-bond donors (Lipinski definition) is 1. The summed E-state index contributed by atoms with van der Waals surface area (Å²) in [5.41, 5.74) is 0. The molecule has 0 spiro atoms. The Balaban J connectivity index is 1.65. The molecule has 0 aliphatic carbocycles. The van der Waals surface area contributed by atoms with Gasteiger partial charge in [-0.2, -0.15) is 0 Å². The molecule has 120 valence electrons. The third-order valence-corrected chi connectivity index (χ3v) is 4.60. The van der Waals surface area contributed by atoms with Crippen molar-refractivity contribution in [2.75, 3.05) is 58.6 Å². The van der Waals surface area contributed by atoms with E-state index in [0.29, 0.717) is 0 Å².